The molecule has 112 valence electrons. The van der Waals surface area contributed by atoms with Gasteiger partial charge in [-0.3, -0.25) is 4.79 Å². The van der Waals surface area contributed by atoms with Crippen LogP contribution in [0.4, 0.5) is 18.9 Å². The smallest absolute Gasteiger partial charge is 0.242 e. The van der Waals surface area contributed by atoms with E-state index in [-0.39, 0.29) is 11.9 Å². The number of hydrogen-bond acceptors (Lipinski definition) is 2. The Morgan fingerprint density at radius 3 is 2.10 bits per heavy atom. The molecule has 20 heavy (non-hydrogen) atoms. The highest BCUT2D eigenvalue weighted by Crippen LogP contribution is 2.21. The Kier molecular flexibility index (Phi) is 5.85. The first-order valence-corrected chi connectivity index (χ1v) is 6.60. The van der Waals surface area contributed by atoms with Gasteiger partial charge in [0.15, 0.2) is 11.6 Å². The standard InChI is InChI=1S/C14H19F3N2O/c1-4-10(5-2)19-14(20)8(3)18-13-11(16)6-9(15)7-12(13)17/h6-8,10,18H,4-5H2,1-3H3,(H,19,20). The van der Waals surface area contributed by atoms with Crippen molar-refractivity contribution in [2.45, 2.75) is 45.7 Å². The molecule has 1 amide bonds. The van der Waals surface area contributed by atoms with Crippen molar-refractivity contribution >= 4 is 11.6 Å². The summed E-state index contributed by atoms with van der Waals surface area (Å²) in [5.74, 6) is -3.49. The van der Waals surface area contributed by atoms with Crippen molar-refractivity contribution in [1.29, 1.82) is 0 Å². The molecule has 0 saturated carbocycles. The van der Waals surface area contributed by atoms with Crippen molar-refractivity contribution in [3.8, 4) is 0 Å². The molecule has 0 saturated heterocycles. The van der Waals surface area contributed by atoms with E-state index in [1.54, 1.807) is 0 Å². The third kappa shape index (κ3) is 4.15. The molecule has 1 aromatic carbocycles. The predicted octanol–water partition coefficient (Wildman–Crippen LogP) is 3.21. The fourth-order valence-electron chi connectivity index (χ4n) is 1.78. The molecule has 1 unspecified atom stereocenters. The van der Waals surface area contributed by atoms with Gasteiger partial charge in [0.1, 0.15) is 17.5 Å². The fraction of sp³-hybridized carbons (Fsp3) is 0.500. The molecule has 0 radical (unpaired) electrons. The first-order chi connectivity index (χ1) is 9.38. The van der Waals surface area contributed by atoms with Crippen LogP contribution in [0.2, 0.25) is 0 Å². The van der Waals surface area contributed by atoms with Gasteiger partial charge in [-0.2, -0.15) is 0 Å². The Morgan fingerprint density at radius 1 is 1.15 bits per heavy atom. The van der Waals surface area contributed by atoms with E-state index < -0.39 is 29.2 Å². The largest absolute Gasteiger partial charge is 0.369 e. The van der Waals surface area contributed by atoms with Crippen LogP contribution < -0.4 is 10.6 Å². The third-order valence-electron chi connectivity index (χ3n) is 3.09. The highest BCUT2D eigenvalue weighted by molar-refractivity contribution is 5.84. The maximum absolute atomic E-state index is 13.5. The lowest BCUT2D eigenvalue weighted by molar-refractivity contribution is -0.122. The topological polar surface area (TPSA) is 41.1 Å². The molecule has 0 aliphatic heterocycles. The Hall–Kier alpha value is -1.72. The Labute approximate surface area is 116 Å². The minimum absolute atomic E-state index is 0.0228. The Bertz CT molecular complexity index is 452. The van der Waals surface area contributed by atoms with Gasteiger partial charge >= 0.3 is 0 Å². The van der Waals surface area contributed by atoms with Crippen LogP contribution in [-0.4, -0.2) is 18.0 Å². The van der Waals surface area contributed by atoms with Gasteiger partial charge in [0.2, 0.25) is 5.91 Å². The van der Waals surface area contributed by atoms with Crippen LogP contribution >= 0.6 is 0 Å². The number of carbonyl (C=O) groups is 1. The maximum Gasteiger partial charge on any atom is 0.242 e. The summed E-state index contributed by atoms with van der Waals surface area (Å²) in [4.78, 5) is 11.9. The molecule has 0 bridgehead atoms. The second kappa shape index (κ2) is 7.17. The zero-order valence-electron chi connectivity index (χ0n) is 11.8. The fourth-order valence-corrected chi connectivity index (χ4v) is 1.78. The van der Waals surface area contributed by atoms with Crippen LogP contribution in [-0.2, 0) is 4.79 Å². The molecule has 0 spiro atoms. The summed E-state index contributed by atoms with van der Waals surface area (Å²) in [6.07, 6.45) is 1.54. The summed E-state index contributed by atoms with van der Waals surface area (Å²) in [5, 5.41) is 5.20. The predicted molar refractivity (Wildman–Crippen MR) is 71.9 cm³/mol. The first kappa shape index (κ1) is 16.3. The quantitative estimate of drug-likeness (QED) is 0.844. The maximum atomic E-state index is 13.5. The molecule has 6 heteroatoms. The van der Waals surface area contributed by atoms with E-state index in [1.165, 1.54) is 6.92 Å². The van der Waals surface area contributed by atoms with Gasteiger partial charge < -0.3 is 10.6 Å². The summed E-state index contributed by atoms with van der Waals surface area (Å²) in [7, 11) is 0. The number of benzene rings is 1. The molecule has 0 fully saturated rings. The molecule has 3 nitrogen and oxygen atoms in total. The number of hydrogen-bond donors (Lipinski definition) is 2. The molecule has 1 rings (SSSR count). The Balaban J connectivity index is 2.76. The van der Waals surface area contributed by atoms with Gasteiger partial charge in [0.25, 0.3) is 0 Å². The lowest BCUT2D eigenvalue weighted by Gasteiger charge is -2.20. The van der Waals surface area contributed by atoms with E-state index in [2.05, 4.69) is 10.6 Å². The zero-order chi connectivity index (χ0) is 15.3. The van der Waals surface area contributed by atoms with E-state index in [4.69, 9.17) is 0 Å². The number of nitrogens with one attached hydrogen (secondary N) is 2. The lowest BCUT2D eigenvalue weighted by Crippen LogP contribution is -2.43. The molecular weight excluding hydrogens is 269 g/mol. The van der Waals surface area contributed by atoms with Gasteiger partial charge in [0, 0.05) is 18.2 Å². The molecule has 1 aromatic rings. The molecular formula is C14H19F3N2O. The number of carbonyl (C=O) groups excluding carboxylic acids is 1. The van der Waals surface area contributed by atoms with Crippen molar-refractivity contribution in [3.05, 3.63) is 29.6 Å². The molecule has 0 heterocycles. The SMILES string of the molecule is CCC(CC)NC(=O)C(C)Nc1c(F)cc(F)cc1F. The van der Waals surface area contributed by atoms with Crippen LogP contribution in [0.25, 0.3) is 0 Å². The highest BCUT2D eigenvalue weighted by atomic mass is 19.1. The molecule has 2 N–H and O–H groups in total. The average molecular weight is 288 g/mol. The van der Waals surface area contributed by atoms with E-state index in [1.807, 2.05) is 13.8 Å². The minimum Gasteiger partial charge on any atom is -0.369 e. The second-order valence-electron chi connectivity index (χ2n) is 4.63. The minimum atomic E-state index is -1.07. The van der Waals surface area contributed by atoms with Crippen molar-refractivity contribution in [3.63, 3.8) is 0 Å². The van der Waals surface area contributed by atoms with Crippen LogP contribution in [0.1, 0.15) is 33.6 Å². The van der Waals surface area contributed by atoms with E-state index >= 15 is 0 Å². The summed E-state index contributed by atoms with van der Waals surface area (Å²) in [5.41, 5.74) is -0.501. The first-order valence-electron chi connectivity index (χ1n) is 6.60. The van der Waals surface area contributed by atoms with Crippen molar-refractivity contribution < 1.29 is 18.0 Å². The van der Waals surface area contributed by atoms with Crippen LogP contribution in [0, 0.1) is 17.5 Å². The summed E-state index contributed by atoms with van der Waals surface area (Å²) in [6, 6.07) is 0.327. The summed E-state index contributed by atoms with van der Waals surface area (Å²) < 4.78 is 39.7. The van der Waals surface area contributed by atoms with Gasteiger partial charge in [0.05, 0.1) is 0 Å². The van der Waals surface area contributed by atoms with Crippen molar-refractivity contribution in [1.82, 2.24) is 5.32 Å². The van der Waals surface area contributed by atoms with Crippen molar-refractivity contribution in [2.75, 3.05) is 5.32 Å². The van der Waals surface area contributed by atoms with Crippen LogP contribution in [0.15, 0.2) is 12.1 Å². The van der Waals surface area contributed by atoms with Crippen LogP contribution in [0.3, 0.4) is 0 Å². The molecule has 0 aliphatic carbocycles. The monoisotopic (exact) mass is 288 g/mol. The summed E-state index contributed by atoms with van der Waals surface area (Å²) in [6.45, 7) is 5.36. The number of amides is 1. The van der Waals surface area contributed by atoms with Crippen LogP contribution in [0.5, 0.6) is 0 Å². The van der Waals surface area contributed by atoms with Gasteiger partial charge in [-0.05, 0) is 19.8 Å². The average Bonchev–Trinajstić information content (AvgIpc) is 2.39. The number of halogens is 3. The van der Waals surface area contributed by atoms with E-state index in [0.717, 1.165) is 12.8 Å². The number of rotatable bonds is 6. The lowest BCUT2D eigenvalue weighted by atomic mass is 10.1. The number of anilines is 1. The highest BCUT2D eigenvalue weighted by Gasteiger charge is 2.19. The molecule has 0 aliphatic rings. The van der Waals surface area contributed by atoms with Gasteiger partial charge in [-0.25, -0.2) is 13.2 Å². The third-order valence-corrected chi connectivity index (χ3v) is 3.09. The van der Waals surface area contributed by atoms with E-state index in [0.29, 0.717) is 12.1 Å². The van der Waals surface area contributed by atoms with Gasteiger partial charge in [-0.15, -0.1) is 0 Å². The Morgan fingerprint density at radius 2 is 1.65 bits per heavy atom. The zero-order valence-corrected chi connectivity index (χ0v) is 11.8. The van der Waals surface area contributed by atoms with Gasteiger partial charge in [-0.1, -0.05) is 13.8 Å². The molecule has 0 aromatic heterocycles. The second-order valence-corrected chi connectivity index (χ2v) is 4.63. The normalized spacial score (nSPS) is 12.3. The van der Waals surface area contributed by atoms with E-state index in [9.17, 15) is 18.0 Å². The molecule has 1 atom stereocenters. The van der Waals surface area contributed by atoms with Crippen molar-refractivity contribution in [2.24, 2.45) is 0 Å². The summed E-state index contributed by atoms with van der Waals surface area (Å²) >= 11 is 0.